The first-order chi connectivity index (χ1) is 10.5. The Kier molecular flexibility index (Phi) is 3.91. The van der Waals surface area contributed by atoms with E-state index in [2.05, 4.69) is 15.5 Å². The van der Waals surface area contributed by atoms with Crippen LogP contribution in [0.25, 0.3) is 0 Å². The van der Waals surface area contributed by atoms with Crippen molar-refractivity contribution in [2.45, 2.75) is 38.6 Å². The van der Waals surface area contributed by atoms with Gasteiger partial charge in [0.2, 0.25) is 5.91 Å². The molecule has 0 spiro atoms. The molecule has 0 radical (unpaired) electrons. The topological polar surface area (TPSA) is 57.8 Å². The van der Waals surface area contributed by atoms with Crippen molar-refractivity contribution in [3.8, 4) is 0 Å². The molecule has 22 heavy (non-hydrogen) atoms. The summed E-state index contributed by atoms with van der Waals surface area (Å²) < 4.78 is 13.9. The van der Waals surface area contributed by atoms with Gasteiger partial charge >= 0.3 is 0 Å². The molecule has 1 saturated carbocycles. The summed E-state index contributed by atoms with van der Waals surface area (Å²) in [5.74, 6) is -0.424. The molecule has 4 nitrogen and oxygen atoms in total. The van der Waals surface area contributed by atoms with Crippen LogP contribution in [0, 0.1) is 19.7 Å². The number of benzene rings is 1. The van der Waals surface area contributed by atoms with E-state index in [0.29, 0.717) is 10.6 Å². The fraction of sp³-hybridized carbons (Fsp3) is 0.375. The molecule has 2 N–H and O–H groups in total. The quantitative estimate of drug-likeness (QED) is 0.909. The molecular formula is C16H17ClFN3O. The summed E-state index contributed by atoms with van der Waals surface area (Å²) in [5, 5.41) is 10.3. The third-order valence-electron chi connectivity index (χ3n) is 4.13. The fourth-order valence-electron chi connectivity index (χ4n) is 2.79. The molecule has 1 aliphatic rings. The number of hydrogen-bond donors (Lipinski definition) is 2. The first-order valence-corrected chi connectivity index (χ1v) is 7.59. The lowest BCUT2D eigenvalue weighted by Crippen LogP contribution is -2.28. The molecule has 1 aliphatic carbocycles. The Hall–Kier alpha value is -1.88. The monoisotopic (exact) mass is 321 g/mol. The molecule has 1 aromatic heterocycles. The molecule has 116 valence electrons. The molecule has 0 bridgehead atoms. The molecule has 0 aliphatic heterocycles. The van der Waals surface area contributed by atoms with Gasteiger partial charge in [-0.25, -0.2) is 4.39 Å². The Balaban J connectivity index is 1.63. The second kappa shape index (κ2) is 5.72. The number of aryl methyl sites for hydroxylation is 2. The molecule has 1 fully saturated rings. The number of hydrogen-bond acceptors (Lipinski definition) is 2. The third-order valence-corrected chi connectivity index (χ3v) is 4.45. The molecule has 2 atom stereocenters. The van der Waals surface area contributed by atoms with Gasteiger partial charge in [0, 0.05) is 33.8 Å². The Labute approximate surface area is 133 Å². The predicted molar refractivity (Wildman–Crippen MR) is 82.5 cm³/mol. The molecule has 1 heterocycles. The lowest BCUT2D eigenvalue weighted by molar-refractivity contribution is -0.120. The van der Waals surface area contributed by atoms with Gasteiger partial charge in [0.25, 0.3) is 0 Å². The SMILES string of the molecule is Cc1n[nH]c(C)c1CC(=O)N[C@@H]1C[C@H]1c1c(F)cccc1Cl. The first-order valence-electron chi connectivity index (χ1n) is 7.21. The van der Waals surface area contributed by atoms with Crippen molar-refractivity contribution in [3.05, 3.63) is 51.6 Å². The maximum absolute atomic E-state index is 13.9. The van der Waals surface area contributed by atoms with Crippen molar-refractivity contribution in [2.24, 2.45) is 0 Å². The number of nitrogens with one attached hydrogen (secondary N) is 2. The van der Waals surface area contributed by atoms with Crippen LogP contribution < -0.4 is 5.32 Å². The number of nitrogens with zero attached hydrogens (tertiary/aromatic N) is 1. The standard InChI is InChI=1S/C16H17ClFN3O/c1-8-10(9(2)21-20-8)7-15(22)19-14-6-11(14)16-12(17)4-3-5-13(16)18/h3-5,11,14H,6-7H2,1-2H3,(H,19,22)(H,20,21)/t11-,14-/m1/s1. The predicted octanol–water partition coefficient (Wildman–Crippen LogP) is 3.03. The summed E-state index contributed by atoms with van der Waals surface area (Å²) in [5.41, 5.74) is 3.15. The smallest absolute Gasteiger partial charge is 0.224 e. The van der Waals surface area contributed by atoms with Crippen molar-refractivity contribution in [2.75, 3.05) is 0 Å². The highest BCUT2D eigenvalue weighted by Crippen LogP contribution is 2.44. The van der Waals surface area contributed by atoms with E-state index in [4.69, 9.17) is 11.6 Å². The van der Waals surface area contributed by atoms with Gasteiger partial charge in [-0.2, -0.15) is 5.10 Å². The number of rotatable bonds is 4. The number of aromatic nitrogens is 2. The van der Waals surface area contributed by atoms with Crippen molar-refractivity contribution in [1.82, 2.24) is 15.5 Å². The molecule has 6 heteroatoms. The van der Waals surface area contributed by atoms with E-state index in [1.807, 2.05) is 13.8 Å². The van der Waals surface area contributed by atoms with E-state index < -0.39 is 0 Å². The Morgan fingerprint density at radius 1 is 1.50 bits per heavy atom. The minimum Gasteiger partial charge on any atom is -0.352 e. The zero-order chi connectivity index (χ0) is 15.9. The van der Waals surface area contributed by atoms with Crippen LogP contribution in [0.2, 0.25) is 5.02 Å². The Morgan fingerprint density at radius 2 is 2.27 bits per heavy atom. The largest absolute Gasteiger partial charge is 0.352 e. The minimum atomic E-state index is -0.309. The zero-order valence-corrected chi connectivity index (χ0v) is 13.2. The number of aromatic amines is 1. The third kappa shape index (κ3) is 2.86. The van der Waals surface area contributed by atoms with Crippen molar-refractivity contribution in [3.63, 3.8) is 0 Å². The average Bonchev–Trinajstić information content (AvgIpc) is 3.12. The number of carbonyl (C=O) groups excluding carboxylic acids is 1. The van der Waals surface area contributed by atoms with Gasteiger partial charge in [-0.1, -0.05) is 17.7 Å². The summed E-state index contributed by atoms with van der Waals surface area (Å²) in [7, 11) is 0. The van der Waals surface area contributed by atoms with Gasteiger partial charge in [0.05, 0.1) is 12.1 Å². The minimum absolute atomic E-state index is 0.0378. The van der Waals surface area contributed by atoms with Crippen LogP contribution in [-0.2, 0) is 11.2 Å². The van der Waals surface area contributed by atoms with E-state index in [0.717, 1.165) is 23.4 Å². The molecule has 2 aromatic rings. The number of H-pyrrole nitrogens is 1. The van der Waals surface area contributed by atoms with Gasteiger partial charge in [-0.3, -0.25) is 9.89 Å². The van der Waals surface area contributed by atoms with Crippen molar-refractivity contribution >= 4 is 17.5 Å². The number of halogens is 2. The summed E-state index contributed by atoms with van der Waals surface area (Å²) in [6.45, 7) is 3.76. The Morgan fingerprint density at radius 3 is 2.91 bits per heavy atom. The van der Waals surface area contributed by atoms with Crippen LogP contribution in [0.15, 0.2) is 18.2 Å². The van der Waals surface area contributed by atoms with Gasteiger partial charge < -0.3 is 5.32 Å². The van der Waals surface area contributed by atoms with Crippen LogP contribution in [0.5, 0.6) is 0 Å². The van der Waals surface area contributed by atoms with Crippen LogP contribution in [0.3, 0.4) is 0 Å². The molecular weight excluding hydrogens is 305 g/mol. The molecule has 1 amide bonds. The van der Waals surface area contributed by atoms with E-state index >= 15 is 0 Å². The molecule has 1 aromatic carbocycles. The van der Waals surface area contributed by atoms with Crippen molar-refractivity contribution in [1.29, 1.82) is 0 Å². The molecule has 0 saturated heterocycles. The van der Waals surface area contributed by atoms with Gasteiger partial charge in [0.15, 0.2) is 0 Å². The van der Waals surface area contributed by atoms with Gasteiger partial charge in [-0.15, -0.1) is 0 Å². The van der Waals surface area contributed by atoms with Gasteiger partial charge in [0.1, 0.15) is 5.82 Å². The second-order valence-electron chi connectivity index (χ2n) is 5.74. The summed E-state index contributed by atoms with van der Waals surface area (Å²) in [6.07, 6.45) is 0.998. The van der Waals surface area contributed by atoms with E-state index in [1.165, 1.54) is 6.07 Å². The van der Waals surface area contributed by atoms with Crippen LogP contribution >= 0.6 is 11.6 Å². The zero-order valence-electron chi connectivity index (χ0n) is 12.4. The van der Waals surface area contributed by atoms with Crippen LogP contribution in [0.4, 0.5) is 4.39 Å². The van der Waals surface area contributed by atoms with E-state index in [-0.39, 0.29) is 30.1 Å². The Bertz CT molecular complexity index is 688. The average molecular weight is 322 g/mol. The summed E-state index contributed by atoms with van der Waals surface area (Å²) in [4.78, 5) is 12.1. The van der Waals surface area contributed by atoms with Crippen molar-refractivity contribution < 1.29 is 9.18 Å². The van der Waals surface area contributed by atoms with Crippen LogP contribution in [0.1, 0.15) is 34.9 Å². The summed E-state index contributed by atoms with van der Waals surface area (Å²) >= 11 is 6.06. The van der Waals surface area contributed by atoms with Crippen LogP contribution in [-0.4, -0.2) is 22.1 Å². The lowest BCUT2D eigenvalue weighted by atomic mass is 10.1. The second-order valence-corrected chi connectivity index (χ2v) is 6.15. The summed E-state index contributed by atoms with van der Waals surface area (Å²) in [6, 6.07) is 4.61. The van der Waals surface area contributed by atoms with E-state index in [9.17, 15) is 9.18 Å². The van der Waals surface area contributed by atoms with Gasteiger partial charge in [-0.05, 0) is 32.4 Å². The maximum atomic E-state index is 13.9. The van der Waals surface area contributed by atoms with E-state index in [1.54, 1.807) is 12.1 Å². The lowest BCUT2D eigenvalue weighted by Gasteiger charge is -2.07. The highest BCUT2D eigenvalue weighted by Gasteiger charge is 2.42. The normalized spacial score (nSPS) is 20.0. The first kappa shape index (κ1) is 15.0. The number of carbonyl (C=O) groups is 1. The molecule has 3 rings (SSSR count). The number of amides is 1. The maximum Gasteiger partial charge on any atom is 0.224 e. The fourth-order valence-corrected chi connectivity index (χ4v) is 3.09. The highest BCUT2D eigenvalue weighted by atomic mass is 35.5. The highest BCUT2D eigenvalue weighted by molar-refractivity contribution is 6.31. The molecule has 0 unspecified atom stereocenters.